The van der Waals surface area contributed by atoms with E-state index in [1.54, 1.807) is 6.07 Å². The van der Waals surface area contributed by atoms with Crippen molar-refractivity contribution in [2.45, 2.75) is 6.54 Å². The van der Waals surface area contributed by atoms with Gasteiger partial charge in [-0.1, -0.05) is 18.2 Å². The Kier molecular flexibility index (Phi) is 4.03. The SMILES string of the molecule is O=C(O)c1ccc(-c2cccc(CN3CCOCC3)c2)o1. The van der Waals surface area contributed by atoms with E-state index in [9.17, 15) is 4.79 Å². The molecule has 0 radical (unpaired) electrons. The molecule has 0 amide bonds. The zero-order valence-corrected chi connectivity index (χ0v) is 11.6. The van der Waals surface area contributed by atoms with Crippen LogP contribution in [0.3, 0.4) is 0 Å². The quantitative estimate of drug-likeness (QED) is 0.936. The van der Waals surface area contributed by atoms with E-state index in [1.807, 2.05) is 18.2 Å². The maximum Gasteiger partial charge on any atom is 0.371 e. The summed E-state index contributed by atoms with van der Waals surface area (Å²) in [6.45, 7) is 4.30. The second kappa shape index (κ2) is 6.11. The molecule has 2 heterocycles. The van der Waals surface area contributed by atoms with Gasteiger partial charge in [0.1, 0.15) is 5.76 Å². The minimum absolute atomic E-state index is 0.0383. The second-order valence-corrected chi connectivity index (χ2v) is 5.06. The molecule has 1 aliphatic rings. The highest BCUT2D eigenvalue weighted by Gasteiger charge is 2.13. The summed E-state index contributed by atoms with van der Waals surface area (Å²) in [5, 5.41) is 8.90. The number of carboxylic acid groups (broad SMARTS) is 1. The van der Waals surface area contributed by atoms with Crippen molar-refractivity contribution in [3.8, 4) is 11.3 Å². The van der Waals surface area contributed by atoms with Crippen molar-refractivity contribution in [2.24, 2.45) is 0 Å². The Morgan fingerprint density at radius 2 is 2.00 bits per heavy atom. The largest absolute Gasteiger partial charge is 0.475 e. The van der Waals surface area contributed by atoms with E-state index >= 15 is 0 Å². The number of morpholine rings is 1. The highest BCUT2D eigenvalue weighted by Crippen LogP contribution is 2.23. The molecular weight excluding hydrogens is 270 g/mol. The van der Waals surface area contributed by atoms with Crippen LogP contribution in [0.15, 0.2) is 40.8 Å². The standard InChI is InChI=1S/C16H17NO4/c18-16(19)15-5-4-14(21-15)13-3-1-2-12(10-13)11-17-6-8-20-9-7-17/h1-5,10H,6-9,11H2,(H,18,19). The van der Waals surface area contributed by atoms with Gasteiger partial charge in [0.15, 0.2) is 0 Å². The lowest BCUT2D eigenvalue weighted by Crippen LogP contribution is -2.35. The molecule has 5 heteroatoms. The number of benzene rings is 1. The lowest BCUT2D eigenvalue weighted by atomic mass is 10.1. The van der Waals surface area contributed by atoms with E-state index in [0.29, 0.717) is 5.76 Å². The summed E-state index contributed by atoms with van der Waals surface area (Å²) in [6.07, 6.45) is 0. The summed E-state index contributed by atoms with van der Waals surface area (Å²) in [7, 11) is 0. The van der Waals surface area contributed by atoms with Crippen LogP contribution in [0, 0.1) is 0 Å². The Bertz CT molecular complexity index is 629. The van der Waals surface area contributed by atoms with Crippen molar-refractivity contribution in [1.82, 2.24) is 4.90 Å². The number of hydrogen-bond donors (Lipinski definition) is 1. The number of carboxylic acids is 1. The van der Waals surface area contributed by atoms with Crippen LogP contribution in [0.5, 0.6) is 0 Å². The van der Waals surface area contributed by atoms with Crippen molar-refractivity contribution >= 4 is 5.97 Å². The van der Waals surface area contributed by atoms with Crippen LogP contribution in [0.1, 0.15) is 16.1 Å². The van der Waals surface area contributed by atoms with E-state index in [2.05, 4.69) is 11.0 Å². The molecule has 1 fully saturated rings. The van der Waals surface area contributed by atoms with Gasteiger partial charge in [0.25, 0.3) is 0 Å². The molecule has 0 bridgehead atoms. The van der Waals surface area contributed by atoms with Crippen molar-refractivity contribution < 1.29 is 19.1 Å². The highest BCUT2D eigenvalue weighted by molar-refractivity contribution is 5.85. The monoisotopic (exact) mass is 287 g/mol. The molecule has 3 rings (SSSR count). The molecule has 0 aliphatic carbocycles. The minimum Gasteiger partial charge on any atom is -0.475 e. The van der Waals surface area contributed by atoms with Crippen molar-refractivity contribution in [1.29, 1.82) is 0 Å². The highest BCUT2D eigenvalue weighted by atomic mass is 16.5. The number of aromatic carboxylic acids is 1. The molecule has 0 spiro atoms. The fourth-order valence-corrected chi connectivity index (χ4v) is 2.45. The van der Waals surface area contributed by atoms with Gasteiger partial charge in [0.05, 0.1) is 13.2 Å². The van der Waals surface area contributed by atoms with Crippen LogP contribution in [0.4, 0.5) is 0 Å². The third-order valence-corrected chi connectivity index (χ3v) is 3.54. The molecule has 0 unspecified atom stereocenters. The lowest BCUT2D eigenvalue weighted by Gasteiger charge is -2.26. The van der Waals surface area contributed by atoms with Crippen LogP contribution in [0.2, 0.25) is 0 Å². The van der Waals surface area contributed by atoms with Gasteiger partial charge in [0.2, 0.25) is 5.76 Å². The van der Waals surface area contributed by atoms with Crippen LogP contribution >= 0.6 is 0 Å². The third kappa shape index (κ3) is 3.32. The van der Waals surface area contributed by atoms with E-state index in [1.165, 1.54) is 11.6 Å². The van der Waals surface area contributed by atoms with Gasteiger partial charge in [-0.2, -0.15) is 0 Å². The first-order valence-corrected chi connectivity index (χ1v) is 6.95. The van der Waals surface area contributed by atoms with Crippen LogP contribution < -0.4 is 0 Å². The number of rotatable bonds is 4. The summed E-state index contributed by atoms with van der Waals surface area (Å²) in [6, 6.07) is 11.2. The molecule has 21 heavy (non-hydrogen) atoms. The van der Waals surface area contributed by atoms with Crippen molar-refractivity contribution in [3.05, 3.63) is 47.7 Å². The first kappa shape index (κ1) is 13.9. The topological polar surface area (TPSA) is 62.9 Å². The normalized spacial score (nSPS) is 16.0. The summed E-state index contributed by atoms with van der Waals surface area (Å²) in [5.41, 5.74) is 2.08. The first-order chi connectivity index (χ1) is 10.2. The van der Waals surface area contributed by atoms with Gasteiger partial charge in [-0.05, 0) is 23.8 Å². The van der Waals surface area contributed by atoms with E-state index in [-0.39, 0.29) is 5.76 Å². The Morgan fingerprint density at radius 1 is 1.19 bits per heavy atom. The zero-order valence-electron chi connectivity index (χ0n) is 11.6. The summed E-state index contributed by atoms with van der Waals surface area (Å²) >= 11 is 0. The van der Waals surface area contributed by atoms with Crippen LogP contribution in [-0.2, 0) is 11.3 Å². The van der Waals surface area contributed by atoms with Gasteiger partial charge < -0.3 is 14.3 Å². The number of hydrogen-bond acceptors (Lipinski definition) is 4. The molecule has 5 nitrogen and oxygen atoms in total. The fraction of sp³-hybridized carbons (Fsp3) is 0.312. The van der Waals surface area contributed by atoms with Crippen molar-refractivity contribution in [3.63, 3.8) is 0 Å². The minimum atomic E-state index is -1.05. The molecule has 110 valence electrons. The smallest absolute Gasteiger partial charge is 0.371 e. The molecule has 1 aromatic carbocycles. The molecule has 1 N–H and O–H groups in total. The van der Waals surface area contributed by atoms with Crippen molar-refractivity contribution in [2.75, 3.05) is 26.3 Å². The molecule has 1 aliphatic heterocycles. The van der Waals surface area contributed by atoms with Crippen LogP contribution in [-0.4, -0.2) is 42.3 Å². The van der Waals surface area contributed by atoms with Gasteiger partial charge in [0, 0.05) is 25.2 Å². The average molecular weight is 287 g/mol. The van der Waals surface area contributed by atoms with Gasteiger partial charge in [-0.3, -0.25) is 4.90 Å². The predicted octanol–water partition coefficient (Wildman–Crippen LogP) is 2.48. The van der Waals surface area contributed by atoms with Crippen LogP contribution in [0.25, 0.3) is 11.3 Å². The summed E-state index contributed by atoms with van der Waals surface area (Å²) < 4.78 is 10.7. The number of furan rings is 1. The number of nitrogens with zero attached hydrogens (tertiary/aromatic N) is 1. The number of carbonyl (C=O) groups is 1. The van der Waals surface area contributed by atoms with Gasteiger partial charge >= 0.3 is 5.97 Å². The van der Waals surface area contributed by atoms with E-state index in [0.717, 1.165) is 38.4 Å². The Morgan fingerprint density at radius 3 is 2.71 bits per heavy atom. The maximum atomic E-state index is 10.9. The summed E-state index contributed by atoms with van der Waals surface area (Å²) in [5.74, 6) is -0.509. The fourth-order valence-electron chi connectivity index (χ4n) is 2.45. The first-order valence-electron chi connectivity index (χ1n) is 6.95. The molecule has 1 aromatic heterocycles. The molecule has 1 saturated heterocycles. The Labute approximate surface area is 122 Å². The summed E-state index contributed by atoms with van der Waals surface area (Å²) in [4.78, 5) is 13.2. The average Bonchev–Trinajstić information content (AvgIpc) is 2.99. The lowest BCUT2D eigenvalue weighted by molar-refractivity contribution is 0.0342. The Hall–Kier alpha value is -2.11. The second-order valence-electron chi connectivity index (χ2n) is 5.06. The van der Waals surface area contributed by atoms with E-state index in [4.69, 9.17) is 14.3 Å². The molecular formula is C16H17NO4. The van der Waals surface area contributed by atoms with E-state index < -0.39 is 5.97 Å². The molecule has 2 aromatic rings. The maximum absolute atomic E-state index is 10.9. The third-order valence-electron chi connectivity index (χ3n) is 3.54. The number of ether oxygens (including phenoxy) is 1. The molecule has 0 saturated carbocycles. The van der Waals surface area contributed by atoms with Gasteiger partial charge in [-0.25, -0.2) is 4.79 Å². The zero-order chi connectivity index (χ0) is 14.7. The predicted molar refractivity (Wildman–Crippen MR) is 77.2 cm³/mol. The Balaban J connectivity index is 1.76. The van der Waals surface area contributed by atoms with Gasteiger partial charge in [-0.15, -0.1) is 0 Å². The molecule has 0 atom stereocenters.